The molecule has 0 aliphatic heterocycles. The van der Waals surface area contributed by atoms with Crippen molar-refractivity contribution in [3.63, 3.8) is 0 Å². The Morgan fingerprint density at radius 3 is 2.31 bits per heavy atom. The molecule has 1 nitrogen and oxygen atoms in total. The monoisotopic (exact) mass is 184 g/mol. The number of hydrogen-bond acceptors (Lipinski definition) is 1. The first-order valence-electron chi connectivity index (χ1n) is 5.39. The topological polar surface area (TPSA) is 17.1 Å². The maximum atomic E-state index is 10.2. The highest BCUT2D eigenvalue weighted by Gasteiger charge is 2.09. The Kier molecular flexibility index (Phi) is 6.02. The van der Waals surface area contributed by atoms with Gasteiger partial charge in [0.15, 0.2) is 0 Å². The van der Waals surface area contributed by atoms with E-state index in [1.807, 2.05) is 0 Å². The molecule has 0 aromatic heterocycles. The molecule has 0 spiro atoms. The average molecular weight is 184 g/mol. The van der Waals surface area contributed by atoms with Crippen molar-refractivity contribution >= 4 is 6.29 Å². The first kappa shape index (κ1) is 12.7. The molecule has 13 heavy (non-hydrogen) atoms. The molecule has 0 N–H and O–H groups in total. The highest BCUT2D eigenvalue weighted by Crippen LogP contribution is 2.23. The van der Waals surface area contributed by atoms with Crippen molar-refractivity contribution in [1.82, 2.24) is 0 Å². The molecule has 0 amide bonds. The van der Waals surface area contributed by atoms with Crippen LogP contribution < -0.4 is 0 Å². The summed E-state index contributed by atoms with van der Waals surface area (Å²) in [6.45, 7) is 9.00. The summed E-state index contributed by atoms with van der Waals surface area (Å²) in [7, 11) is 0. The number of unbranched alkanes of at least 4 members (excludes halogenated alkanes) is 1. The number of aldehydes is 1. The van der Waals surface area contributed by atoms with Crippen molar-refractivity contribution in [2.45, 2.75) is 59.8 Å². The molecule has 1 atom stereocenters. The summed E-state index contributed by atoms with van der Waals surface area (Å²) in [6, 6.07) is 0. The van der Waals surface area contributed by atoms with Gasteiger partial charge in [0.05, 0.1) is 0 Å². The SMILES string of the molecule is CC(CC=O)CCCCC(C)(C)C. The second kappa shape index (κ2) is 6.17. The first-order valence-corrected chi connectivity index (χ1v) is 5.39. The summed E-state index contributed by atoms with van der Waals surface area (Å²) in [5.41, 5.74) is 0.466. The van der Waals surface area contributed by atoms with Gasteiger partial charge in [-0.2, -0.15) is 0 Å². The zero-order valence-electron chi connectivity index (χ0n) is 9.60. The van der Waals surface area contributed by atoms with Crippen molar-refractivity contribution in [1.29, 1.82) is 0 Å². The molecule has 0 fully saturated rings. The van der Waals surface area contributed by atoms with E-state index < -0.39 is 0 Å². The number of hydrogen-bond donors (Lipinski definition) is 0. The lowest BCUT2D eigenvalue weighted by atomic mass is 9.88. The largest absolute Gasteiger partial charge is 0.303 e. The van der Waals surface area contributed by atoms with Gasteiger partial charge in [0.25, 0.3) is 0 Å². The van der Waals surface area contributed by atoms with Gasteiger partial charge in [-0.25, -0.2) is 0 Å². The van der Waals surface area contributed by atoms with Crippen LogP contribution in [0.5, 0.6) is 0 Å². The summed E-state index contributed by atoms with van der Waals surface area (Å²) in [6.07, 6.45) is 6.83. The van der Waals surface area contributed by atoms with Crippen molar-refractivity contribution in [3.8, 4) is 0 Å². The smallest absolute Gasteiger partial charge is 0.120 e. The quantitative estimate of drug-likeness (QED) is 0.453. The lowest BCUT2D eigenvalue weighted by molar-refractivity contribution is -0.108. The Morgan fingerprint density at radius 1 is 1.23 bits per heavy atom. The van der Waals surface area contributed by atoms with E-state index in [1.54, 1.807) is 0 Å². The minimum atomic E-state index is 0.466. The predicted molar refractivity (Wildman–Crippen MR) is 57.8 cm³/mol. The second-order valence-electron chi connectivity index (χ2n) is 5.31. The maximum Gasteiger partial charge on any atom is 0.120 e. The molecule has 0 rings (SSSR count). The minimum Gasteiger partial charge on any atom is -0.303 e. The second-order valence-corrected chi connectivity index (χ2v) is 5.31. The van der Waals surface area contributed by atoms with Crippen LogP contribution in [-0.2, 0) is 4.79 Å². The average Bonchev–Trinajstić information content (AvgIpc) is 1.97. The van der Waals surface area contributed by atoms with Crippen LogP contribution in [0.3, 0.4) is 0 Å². The molecule has 1 unspecified atom stereocenters. The van der Waals surface area contributed by atoms with E-state index in [0.29, 0.717) is 11.3 Å². The molecule has 0 saturated carbocycles. The van der Waals surface area contributed by atoms with Gasteiger partial charge in [-0.1, -0.05) is 47.0 Å². The highest BCUT2D eigenvalue weighted by atomic mass is 16.1. The third kappa shape index (κ3) is 9.59. The van der Waals surface area contributed by atoms with Gasteiger partial charge in [-0.05, 0) is 17.8 Å². The summed E-state index contributed by atoms with van der Waals surface area (Å²) in [5.74, 6) is 0.581. The Balaban J connectivity index is 3.30. The Morgan fingerprint density at radius 2 is 1.85 bits per heavy atom. The lowest BCUT2D eigenvalue weighted by Gasteiger charge is -2.18. The number of carbonyl (C=O) groups is 1. The van der Waals surface area contributed by atoms with E-state index in [2.05, 4.69) is 27.7 Å². The molecule has 0 aliphatic carbocycles. The van der Waals surface area contributed by atoms with Crippen LogP contribution in [0, 0.1) is 11.3 Å². The van der Waals surface area contributed by atoms with Crippen LogP contribution in [0.4, 0.5) is 0 Å². The summed E-state index contributed by atoms with van der Waals surface area (Å²) in [5, 5.41) is 0. The molecule has 78 valence electrons. The van der Waals surface area contributed by atoms with Crippen molar-refractivity contribution in [2.75, 3.05) is 0 Å². The molecule has 0 aromatic rings. The van der Waals surface area contributed by atoms with Gasteiger partial charge in [0.1, 0.15) is 6.29 Å². The summed E-state index contributed by atoms with van der Waals surface area (Å²) in [4.78, 5) is 10.2. The zero-order chi connectivity index (χ0) is 10.3. The number of carbonyl (C=O) groups excluding carboxylic acids is 1. The fourth-order valence-electron chi connectivity index (χ4n) is 1.43. The van der Waals surface area contributed by atoms with Gasteiger partial charge in [-0.3, -0.25) is 0 Å². The van der Waals surface area contributed by atoms with Gasteiger partial charge >= 0.3 is 0 Å². The van der Waals surface area contributed by atoms with Crippen LogP contribution in [0.15, 0.2) is 0 Å². The van der Waals surface area contributed by atoms with E-state index in [0.717, 1.165) is 12.7 Å². The van der Waals surface area contributed by atoms with Crippen molar-refractivity contribution in [3.05, 3.63) is 0 Å². The summed E-state index contributed by atoms with van der Waals surface area (Å²) < 4.78 is 0. The normalized spacial score (nSPS) is 14.2. The predicted octanol–water partition coefficient (Wildman–Crippen LogP) is 3.82. The van der Waals surface area contributed by atoms with Crippen LogP contribution >= 0.6 is 0 Å². The van der Waals surface area contributed by atoms with E-state index >= 15 is 0 Å². The first-order chi connectivity index (χ1) is 5.95. The van der Waals surface area contributed by atoms with Crippen molar-refractivity contribution in [2.24, 2.45) is 11.3 Å². The molecule has 0 saturated heterocycles. The molecule has 0 heterocycles. The number of rotatable bonds is 6. The maximum absolute atomic E-state index is 10.2. The fraction of sp³-hybridized carbons (Fsp3) is 0.917. The van der Waals surface area contributed by atoms with E-state index in [-0.39, 0.29) is 0 Å². The molecular formula is C12H24O. The van der Waals surface area contributed by atoms with Crippen LogP contribution in [0.1, 0.15) is 59.8 Å². The Hall–Kier alpha value is -0.330. The lowest BCUT2D eigenvalue weighted by Crippen LogP contribution is -2.04. The highest BCUT2D eigenvalue weighted by molar-refractivity contribution is 5.49. The van der Waals surface area contributed by atoms with E-state index in [1.165, 1.54) is 25.7 Å². The molecule has 0 bridgehead atoms. The van der Waals surface area contributed by atoms with Crippen LogP contribution in [0.25, 0.3) is 0 Å². The zero-order valence-corrected chi connectivity index (χ0v) is 9.60. The van der Waals surface area contributed by atoms with Crippen LogP contribution in [0.2, 0.25) is 0 Å². The minimum absolute atomic E-state index is 0.466. The van der Waals surface area contributed by atoms with Gasteiger partial charge in [0.2, 0.25) is 0 Å². The molecular weight excluding hydrogens is 160 g/mol. The Bertz CT molecular complexity index is 133. The summed E-state index contributed by atoms with van der Waals surface area (Å²) >= 11 is 0. The standard InChI is InChI=1S/C12H24O/c1-11(8-10-13)7-5-6-9-12(2,3)4/h10-11H,5-9H2,1-4H3. The van der Waals surface area contributed by atoms with Crippen LogP contribution in [-0.4, -0.2) is 6.29 Å². The van der Waals surface area contributed by atoms with Gasteiger partial charge in [-0.15, -0.1) is 0 Å². The van der Waals surface area contributed by atoms with E-state index in [9.17, 15) is 4.79 Å². The van der Waals surface area contributed by atoms with Gasteiger partial charge < -0.3 is 4.79 Å². The molecule has 0 radical (unpaired) electrons. The van der Waals surface area contributed by atoms with Gasteiger partial charge in [0, 0.05) is 6.42 Å². The fourth-order valence-corrected chi connectivity index (χ4v) is 1.43. The third-order valence-corrected chi connectivity index (χ3v) is 2.37. The third-order valence-electron chi connectivity index (χ3n) is 2.37. The molecule has 0 aromatic carbocycles. The Labute approximate surface area is 82.9 Å². The van der Waals surface area contributed by atoms with Crippen molar-refractivity contribution < 1.29 is 4.79 Å². The van der Waals surface area contributed by atoms with E-state index in [4.69, 9.17) is 0 Å². The molecule has 1 heteroatoms. The molecule has 0 aliphatic rings.